The Hall–Kier alpha value is -3.20. The van der Waals surface area contributed by atoms with Gasteiger partial charge in [0, 0.05) is 27.2 Å². The zero-order chi connectivity index (χ0) is 23.6. The number of thiazole rings is 1. The Morgan fingerprint density at radius 2 is 1.67 bits per heavy atom. The van der Waals surface area contributed by atoms with Gasteiger partial charge in [-0.3, -0.25) is 14.8 Å². The summed E-state index contributed by atoms with van der Waals surface area (Å²) in [5, 5.41) is 5.65. The van der Waals surface area contributed by atoms with Crippen LogP contribution in [-0.2, 0) is 10.0 Å². The Labute approximate surface area is 201 Å². The minimum atomic E-state index is -3.76. The van der Waals surface area contributed by atoms with Crippen LogP contribution in [0.3, 0.4) is 0 Å². The molecule has 0 aliphatic carbocycles. The number of amides is 1. The highest BCUT2D eigenvalue weighted by Crippen LogP contribution is 2.28. The highest BCUT2D eigenvalue weighted by Gasteiger charge is 2.15. The maximum Gasteiger partial charge on any atom is 0.261 e. The van der Waals surface area contributed by atoms with E-state index in [0.29, 0.717) is 21.4 Å². The summed E-state index contributed by atoms with van der Waals surface area (Å²) in [5.74, 6) is -0.330. The number of hydrogen-bond acceptors (Lipinski definition) is 5. The third-order valence-electron chi connectivity index (χ3n) is 4.92. The molecule has 0 radical (unpaired) electrons. The number of halogens is 1. The van der Waals surface area contributed by atoms with E-state index in [1.54, 1.807) is 12.1 Å². The lowest BCUT2D eigenvalue weighted by Crippen LogP contribution is -2.14. The number of nitrogens with zero attached hydrogens (tertiary/aromatic N) is 1. The van der Waals surface area contributed by atoms with Crippen LogP contribution >= 0.6 is 22.9 Å². The minimum absolute atomic E-state index is 0.0946. The molecular formula is C24H20ClN3O3S2. The van der Waals surface area contributed by atoms with Crippen molar-refractivity contribution < 1.29 is 13.2 Å². The summed E-state index contributed by atoms with van der Waals surface area (Å²) in [4.78, 5) is 17.3. The van der Waals surface area contributed by atoms with Gasteiger partial charge in [-0.25, -0.2) is 13.4 Å². The summed E-state index contributed by atoms with van der Waals surface area (Å²) in [6.07, 6.45) is 0. The fourth-order valence-corrected chi connectivity index (χ4v) is 5.04. The van der Waals surface area contributed by atoms with Gasteiger partial charge in [0.05, 0.1) is 10.6 Å². The van der Waals surface area contributed by atoms with Crippen molar-refractivity contribution in [1.82, 2.24) is 4.98 Å². The molecule has 2 N–H and O–H groups in total. The van der Waals surface area contributed by atoms with E-state index in [0.717, 1.165) is 22.4 Å². The van der Waals surface area contributed by atoms with Crippen LogP contribution in [0.5, 0.6) is 0 Å². The molecule has 0 aliphatic heterocycles. The second kappa shape index (κ2) is 9.35. The molecule has 1 aromatic heterocycles. The molecule has 9 heteroatoms. The highest BCUT2D eigenvalue weighted by atomic mass is 35.5. The van der Waals surface area contributed by atoms with Gasteiger partial charge in [-0.2, -0.15) is 0 Å². The summed E-state index contributed by atoms with van der Waals surface area (Å²) in [6.45, 7) is 4.05. The molecule has 4 rings (SSSR count). The molecule has 1 amide bonds. The number of sulfonamides is 1. The number of aromatic nitrogens is 1. The number of rotatable bonds is 6. The lowest BCUT2D eigenvalue weighted by Gasteiger charge is -2.09. The molecule has 3 aromatic carbocycles. The van der Waals surface area contributed by atoms with Crippen LogP contribution in [0.25, 0.3) is 11.3 Å². The number of benzene rings is 3. The molecule has 0 atom stereocenters. The predicted molar refractivity (Wildman–Crippen MR) is 134 cm³/mol. The number of carbonyl (C=O) groups is 1. The highest BCUT2D eigenvalue weighted by molar-refractivity contribution is 7.92. The van der Waals surface area contributed by atoms with Gasteiger partial charge in [0.1, 0.15) is 0 Å². The summed E-state index contributed by atoms with van der Waals surface area (Å²) >= 11 is 7.16. The summed E-state index contributed by atoms with van der Waals surface area (Å²) in [7, 11) is -3.76. The van der Waals surface area contributed by atoms with E-state index in [1.807, 2.05) is 31.4 Å². The lowest BCUT2D eigenvalue weighted by molar-refractivity contribution is 0.102. The SMILES string of the molecule is Cc1ccc(C)c(-c2csc(NC(=O)c3ccc(NS(=O)(=O)c4ccc(Cl)cc4)cc3)n2)c1. The van der Waals surface area contributed by atoms with Crippen molar-refractivity contribution in [3.05, 3.63) is 93.8 Å². The van der Waals surface area contributed by atoms with Gasteiger partial charge in [-0.1, -0.05) is 29.3 Å². The fraction of sp³-hybridized carbons (Fsp3) is 0.0833. The molecule has 0 spiro atoms. The number of hydrogen-bond donors (Lipinski definition) is 2. The number of nitrogens with one attached hydrogen (secondary N) is 2. The summed E-state index contributed by atoms with van der Waals surface area (Å²) < 4.78 is 27.5. The zero-order valence-electron chi connectivity index (χ0n) is 17.8. The van der Waals surface area contributed by atoms with Crippen molar-refractivity contribution in [2.24, 2.45) is 0 Å². The van der Waals surface area contributed by atoms with Crippen LogP contribution < -0.4 is 10.0 Å². The first-order valence-electron chi connectivity index (χ1n) is 9.94. The van der Waals surface area contributed by atoms with Crippen molar-refractivity contribution in [2.75, 3.05) is 10.0 Å². The van der Waals surface area contributed by atoms with Gasteiger partial charge in [0.25, 0.3) is 15.9 Å². The average Bonchev–Trinajstić information content (AvgIpc) is 3.24. The second-order valence-electron chi connectivity index (χ2n) is 7.45. The van der Waals surface area contributed by atoms with Crippen molar-refractivity contribution >= 4 is 49.7 Å². The first-order chi connectivity index (χ1) is 15.7. The predicted octanol–water partition coefficient (Wildman–Crippen LogP) is 6.13. The largest absolute Gasteiger partial charge is 0.298 e. The third kappa shape index (κ3) is 5.42. The maximum atomic E-state index is 12.6. The van der Waals surface area contributed by atoms with Crippen molar-refractivity contribution in [1.29, 1.82) is 0 Å². The molecule has 1 heterocycles. The number of carbonyl (C=O) groups excluding carboxylic acids is 1. The van der Waals surface area contributed by atoms with Crippen molar-refractivity contribution in [3.63, 3.8) is 0 Å². The lowest BCUT2D eigenvalue weighted by atomic mass is 10.0. The smallest absolute Gasteiger partial charge is 0.261 e. The van der Waals surface area contributed by atoms with E-state index in [-0.39, 0.29) is 10.8 Å². The number of anilines is 2. The van der Waals surface area contributed by atoms with Gasteiger partial charge < -0.3 is 0 Å². The van der Waals surface area contributed by atoms with E-state index >= 15 is 0 Å². The Balaban J connectivity index is 1.44. The average molecular weight is 498 g/mol. The molecule has 4 aromatic rings. The van der Waals surface area contributed by atoms with E-state index < -0.39 is 10.0 Å². The monoisotopic (exact) mass is 497 g/mol. The van der Waals surface area contributed by atoms with E-state index in [1.165, 1.54) is 47.7 Å². The Kier molecular flexibility index (Phi) is 6.51. The first kappa shape index (κ1) is 23.0. The number of aryl methyl sites for hydroxylation is 2. The summed E-state index contributed by atoms with van der Waals surface area (Å²) in [6, 6.07) is 18.2. The van der Waals surface area contributed by atoms with E-state index in [2.05, 4.69) is 21.1 Å². The van der Waals surface area contributed by atoms with Crippen LogP contribution in [0.1, 0.15) is 21.5 Å². The van der Waals surface area contributed by atoms with Crippen LogP contribution in [0.4, 0.5) is 10.8 Å². The van der Waals surface area contributed by atoms with Crippen LogP contribution in [0.15, 0.2) is 77.0 Å². The molecule has 6 nitrogen and oxygen atoms in total. The van der Waals surface area contributed by atoms with E-state index in [9.17, 15) is 13.2 Å². The Morgan fingerprint density at radius 3 is 2.36 bits per heavy atom. The molecule has 33 heavy (non-hydrogen) atoms. The normalized spacial score (nSPS) is 11.2. The van der Waals surface area contributed by atoms with Crippen LogP contribution in [0, 0.1) is 13.8 Å². The van der Waals surface area contributed by atoms with E-state index in [4.69, 9.17) is 11.6 Å². The molecule has 0 unspecified atom stereocenters. The van der Waals surface area contributed by atoms with Crippen molar-refractivity contribution in [3.8, 4) is 11.3 Å². The Morgan fingerprint density at radius 1 is 0.970 bits per heavy atom. The first-order valence-corrected chi connectivity index (χ1v) is 12.7. The van der Waals surface area contributed by atoms with Gasteiger partial charge in [-0.15, -0.1) is 11.3 Å². The van der Waals surface area contributed by atoms with Crippen molar-refractivity contribution in [2.45, 2.75) is 18.7 Å². The standard InChI is InChI=1S/C24H20ClN3O3S2/c1-15-3-4-16(2)21(13-15)22-14-32-24(26-22)27-23(29)17-5-9-19(10-6-17)28-33(30,31)20-11-7-18(25)8-12-20/h3-14,28H,1-2H3,(H,26,27,29). The Bertz CT molecular complexity index is 1410. The quantitative estimate of drug-likeness (QED) is 0.335. The van der Waals surface area contributed by atoms with Gasteiger partial charge in [0.15, 0.2) is 5.13 Å². The minimum Gasteiger partial charge on any atom is -0.298 e. The maximum absolute atomic E-state index is 12.6. The third-order valence-corrected chi connectivity index (χ3v) is 7.32. The molecule has 0 saturated carbocycles. The molecule has 168 valence electrons. The fourth-order valence-electron chi connectivity index (χ4n) is 3.15. The van der Waals surface area contributed by atoms with Crippen LogP contribution in [-0.4, -0.2) is 19.3 Å². The molecular weight excluding hydrogens is 478 g/mol. The van der Waals surface area contributed by atoms with Gasteiger partial charge in [-0.05, 0) is 74.0 Å². The van der Waals surface area contributed by atoms with Gasteiger partial charge >= 0.3 is 0 Å². The molecule has 0 aliphatic rings. The van der Waals surface area contributed by atoms with Crippen LogP contribution in [0.2, 0.25) is 5.02 Å². The molecule has 0 fully saturated rings. The molecule has 0 saturated heterocycles. The van der Waals surface area contributed by atoms with Gasteiger partial charge in [0.2, 0.25) is 0 Å². The zero-order valence-corrected chi connectivity index (χ0v) is 20.2. The topological polar surface area (TPSA) is 88.2 Å². The molecule has 0 bridgehead atoms. The summed E-state index contributed by atoms with van der Waals surface area (Å²) in [5.41, 5.74) is 4.81. The second-order valence-corrected chi connectivity index (χ2v) is 10.4.